The average molecular weight is 152 g/mol. The Morgan fingerprint density at radius 1 is 1.27 bits per heavy atom. The van der Waals surface area contributed by atoms with E-state index in [1.165, 1.54) is 24.0 Å². The molecule has 0 saturated carbocycles. The summed E-state index contributed by atoms with van der Waals surface area (Å²) in [7, 11) is 0. The summed E-state index contributed by atoms with van der Waals surface area (Å²) in [5, 5.41) is 0. The zero-order chi connectivity index (χ0) is 8.69. The van der Waals surface area contributed by atoms with E-state index in [1.54, 1.807) is 0 Å². The van der Waals surface area contributed by atoms with Gasteiger partial charge in [0.25, 0.3) is 0 Å². The van der Waals surface area contributed by atoms with Crippen LogP contribution >= 0.6 is 0 Å². The molecule has 0 spiro atoms. The monoisotopic (exact) mass is 152 g/mol. The van der Waals surface area contributed by atoms with Crippen molar-refractivity contribution in [1.82, 2.24) is 0 Å². The number of hydrogen-bond acceptors (Lipinski definition) is 0. The van der Waals surface area contributed by atoms with Gasteiger partial charge < -0.3 is 0 Å². The maximum Gasteiger partial charge on any atom is -0.0282 e. The largest absolute Gasteiger partial charge is 0.0845 e. The van der Waals surface area contributed by atoms with Crippen molar-refractivity contribution >= 4 is 0 Å². The Labute approximate surface area is 71.0 Å². The molecular weight excluding hydrogens is 132 g/mol. The molecule has 0 aromatic heterocycles. The number of allylic oxidation sites excluding steroid dienone is 4. The summed E-state index contributed by atoms with van der Waals surface area (Å²) in [6.45, 7) is 8.72. The first-order valence-corrected chi connectivity index (χ1v) is 4.58. The molecule has 0 aliphatic rings. The lowest BCUT2D eigenvalue weighted by molar-refractivity contribution is 0.901. The molecule has 0 fully saturated rings. The normalized spacial score (nSPS) is 13.8. The lowest BCUT2D eigenvalue weighted by Gasteiger charge is -2.04. The Morgan fingerprint density at radius 3 is 2.27 bits per heavy atom. The maximum atomic E-state index is 2.33. The summed E-state index contributed by atoms with van der Waals surface area (Å²) in [5.41, 5.74) is 2.96. The van der Waals surface area contributed by atoms with E-state index in [0.29, 0.717) is 0 Å². The van der Waals surface area contributed by atoms with Crippen molar-refractivity contribution in [2.24, 2.45) is 0 Å². The van der Waals surface area contributed by atoms with Crippen LogP contribution in [0.1, 0.15) is 47.0 Å². The molecule has 0 aromatic carbocycles. The first-order valence-electron chi connectivity index (χ1n) is 4.58. The standard InChI is InChI=1S/C11H20/c1-5-8-11(9-6-2)10(4)7-3/h7-8H,5-6,9H2,1-4H3/b10-7-,11-8-. The second-order valence-corrected chi connectivity index (χ2v) is 2.86. The van der Waals surface area contributed by atoms with Gasteiger partial charge in [-0.2, -0.15) is 0 Å². The van der Waals surface area contributed by atoms with Gasteiger partial charge in [-0.05, 0) is 32.3 Å². The van der Waals surface area contributed by atoms with Gasteiger partial charge in [0, 0.05) is 0 Å². The van der Waals surface area contributed by atoms with Crippen molar-refractivity contribution in [2.75, 3.05) is 0 Å². The predicted molar refractivity (Wildman–Crippen MR) is 52.7 cm³/mol. The summed E-state index contributed by atoms with van der Waals surface area (Å²) in [4.78, 5) is 0. The first-order chi connectivity index (χ1) is 5.26. The van der Waals surface area contributed by atoms with Crippen LogP contribution < -0.4 is 0 Å². The average Bonchev–Trinajstić information content (AvgIpc) is 2.03. The highest BCUT2D eigenvalue weighted by molar-refractivity contribution is 5.28. The minimum absolute atomic E-state index is 1.15. The van der Waals surface area contributed by atoms with E-state index in [2.05, 4.69) is 39.8 Å². The van der Waals surface area contributed by atoms with Crippen molar-refractivity contribution in [3.63, 3.8) is 0 Å². The van der Waals surface area contributed by atoms with Crippen LogP contribution in [0.15, 0.2) is 23.3 Å². The van der Waals surface area contributed by atoms with E-state index in [4.69, 9.17) is 0 Å². The minimum Gasteiger partial charge on any atom is -0.0845 e. The molecule has 0 unspecified atom stereocenters. The third-order valence-electron chi connectivity index (χ3n) is 1.91. The van der Waals surface area contributed by atoms with Crippen molar-refractivity contribution in [2.45, 2.75) is 47.0 Å². The maximum absolute atomic E-state index is 2.33. The summed E-state index contributed by atoms with van der Waals surface area (Å²) in [6, 6.07) is 0. The highest BCUT2D eigenvalue weighted by atomic mass is 14.0. The molecule has 64 valence electrons. The SMILES string of the molecule is C/C=C(C)\C(=C/CC)CCC. The minimum atomic E-state index is 1.15. The van der Waals surface area contributed by atoms with Crippen LogP contribution in [0.3, 0.4) is 0 Å². The van der Waals surface area contributed by atoms with Crippen LogP contribution in [0, 0.1) is 0 Å². The third-order valence-corrected chi connectivity index (χ3v) is 1.91. The van der Waals surface area contributed by atoms with Crippen LogP contribution in [-0.4, -0.2) is 0 Å². The quantitative estimate of drug-likeness (QED) is 0.532. The summed E-state index contributed by atoms with van der Waals surface area (Å²) in [6.07, 6.45) is 8.15. The molecule has 0 N–H and O–H groups in total. The number of hydrogen-bond donors (Lipinski definition) is 0. The van der Waals surface area contributed by atoms with Gasteiger partial charge in [-0.1, -0.05) is 38.0 Å². The fraction of sp³-hybridized carbons (Fsp3) is 0.636. The van der Waals surface area contributed by atoms with Gasteiger partial charge in [0.15, 0.2) is 0 Å². The Hall–Kier alpha value is -0.520. The fourth-order valence-corrected chi connectivity index (χ4v) is 1.16. The molecule has 0 amide bonds. The van der Waals surface area contributed by atoms with E-state index in [9.17, 15) is 0 Å². The molecule has 0 nitrogen and oxygen atoms in total. The van der Waals surface area contributed by atoms with Gasteiger partial charge in [-0.25, -0.2) is 0 Å². The zero-order valence-corrected chi connectivity index (χ0v) is 8.28. The Balaban J connectivity index is 4.22. The number of rotatable bonds is 4. The van der Waals surface area contributed by atoms with Gasteiger partial charge in [0.2, 0.25) is 0 Å². The highest BCUT2D eigenvalue weighted by Gasteiger charge is 1.95. The van der Waals surface area contributed by atoms with Crippen LogP contribution in [0.5, 0.6) is 0 Å². The molecule has 0 heteroatoms. The zero-order valence-electron chi connectivity index (χ0n) is 8.28. The van der Waals surface area contributed by atoms with Gasteiger partial charge in [0.1, 0.15) is 0 Å². The van der Waals surface area contributed by atoms with Crippen LogP contribution in [-0.2, 0) is 0 Å². The second kappa shape index (κ2) is 6.21. The highest BCUT2D eigenvalue weighted by Crippen LogP contribution is 2.15. The van der Waals surface area contributed by atoms with E-state index in [1.807, 2.05) is 0 Å². The summed E-state index contributed by atoms with van der Waals surface area (Å²) >= 11 is 0. The smallest absolute Gasteiger partial charge is 0.0282 e. The van der Waals surface area contributed by atoms with E-state index >= 15 is 0 Å². The van der Waals surface area contributed by atoms with Crippen molar-refractivity contribution in [1.29, 1.82) is 0 Å². The van der Waals surface area contributed by atoms with Crippen molar-refractivity contribution in [3.8, 4) is 0 Å². The lowest BCUT2D eigenvalue weighted by Crippen LogP contribution is -1.84. The first kappa shape index (κ1) is 10.5. The predicted octanol–water partition coefficient (Wildman–Crippen LogP) is 4.09. The van der Waals surface area contributed by atoms with E-state index in [-0.39, 0.29) is 0 Å². The molecular formula is C11H20. The molecule has 0 heterocycles. The third kappa shape index (κ3) is 4.02. The van der Waals surface area contributed by atoms with E-state index in [0.717, 1.165) is 6.42 Å². The van der Waals surface area contributed by atoms with Gasteiger partial charge >= 0.3 is 0 Å². The summed E-state index contributed by atoms with van der Waals surface area (Å²) < 4.78 is 0. The van der Waals surface area contributed by atoms with E-state index < -0.39 is 0 Å². The molecule has 0 atom stereocenters. The molecule has 0 radical (unpaired) electrons. The molecule has 11 heavy (non-hydrogen) atoms. The van der Waals surface area contributed by atoms with Gasteiger partial charge in [-0.15, -0.1) is 0 Å². The molecule has 0 aromatic rings. The molecule has 0 aliphatic carbocycles. The fourth-order valence-electron chi connectivity index (χ4n) is 1.16. The van der Waals surface area contributed by atoms with Crippen molar-refractivity contribution in [3.05, 3.63) is 23.3 Å². The van der Waals surface area contributed by atoms with Crippen LogP contribution in [0.4, 0.5) is 0 Å². The Kier molecular flexibility index (Phi) is 5.91. The van der Waals surface area contributed by atoms with Gasteiger partial charge in [-0.3, -0.25) is 0 Å². The molecule has 0 saturated heterocycles. The summed E-state index contributed by atoms with van der Waals surface area (Å²) in [5.74, 6) is 0. The van der Waals surface area contributed by atoms with Gasteiger partial charge in [0.05, 0.1) is 0 Å². The molecule has 0 aliphatic heterocycles. The Bertz CT molecular complexity index is 149. The molecule has 0 bridgehead atoms. The van der Waals surface area contributed by atoms with Crippen molar-refractivity contribution < 1.29 is 0 Å². The van der Waals surface area contributed by atoms with Crippen LogP contribution in [0.25, 0.3) is 0 Å². The second-order valence-electron chi connectivity index (χ2n) is 2.86. The topological polar surface area (TPSA) is 0 Å². The lowest BCUT2D eigenvalue weighted by atomic mass is 10.0. The Morgan fingerprint density at radius 2 is 1.91 bits per heavy atom. The van der Waals surface area contributed by atoms with Crippen LogP contribution in [0.2, 0.25) is 0 Å². The molecule has 0 rings (SSSR count).